The van der Waals surface area contributed by atoms with Crippen LogP contribution in [0.5, 0.6) is 0 Å². The van der Waals surface area contributed by atoms with E-state index in [0.29, 0.717) is 37.3 Å². The van der Waals surface area contributed by atoms with Crippen LogP contribution in [0.3, 0.4) is 0 Å². The summed E-state index contributed by atoms with van der Waals surface area (Å²) < 4.78 is 0. The number of hydrogen-bond acceptors (Lipinski definition) is 2. The fraction of sp³-hybridized carbons (Fsp3) is 0.385. The van der Waals surface area contributed by atoms with E-state index in [1.165, 1.54) is 4.90 Å². The van der Waals surface area contributed by atoms with Crippen LogP contribution in [-0.4, -0.2) is 23.3 Å². The van der Waals surface area contributed by atoms with Crippen LogP contribution in [-0.2, 0) is 16.0 Å². The predicted octanol–water partition coefficient (Wildman–Crippen LogP) is 2.42. The average molecular weight is 252 g/mol. The summed E-state index contributed by atoms with van der Waals surface area (Å²) >= 11 is 5.88. The number of carbonyl (C=O) groups is 2. The number of benzene rings is 1. The van der Waals surface area contributed by atoms with Crippen LogP contribution in [0.4, 0.5) is 0 Å². The molecule has 0 aromatic heterocycles. The van der Waals surface area contributed by atoms with Gasteiger partial charge in [-0.1, -0.05) is 23.7 Å². The first-order valence-corrected chi connectivity index (χ1v) is 6.12. The molecular weight excluding hydrogens is 238 g/mol. The van der Waals surface area contributed by atoms with Crippen LogP contribution >= 0.6 is 11.6 Å². The lowest BCUT2D eigenvalue weighted by Gasteiger charge is -2.24. The smallest absolute Gasteiger partial charge is 0.229 e. The maximum absolute atomic E-state index is 11.6. The molecule has 2 rings (SSSR count). The summed E-state index contributed by atoms with van der Waals surface area (Å²) in [6.07, 6.45) is 2.33. The van der Waals surface area contributed by atoms with Crippen LogP contribution in [0.15, 0.2) is 24.3 Å². The van der Waals surface area contributed by atoms with Gasteiger partial charge in [0.1, 0.15) is 0 Å². The number of imide groups is 1. The number of piperidine rings is 1. The van der Waals surface area contributed by atoms with Crippen LogP contribution < -0.4 is 0 Å². The van der Waals surface area contributed by atoms with Crippen LogP contribution in [0.1, 0.15) is 24.8 Å². The standard InChI is InChI=1S/C13H14ClNO2/c14-11-4-1-3-10(9-11)7-8-15-12(16)5-2-6-13(15)17/h1,3-4,9H,2,5-8H2. The highest BCUT2D eigenvalue weighted by molar-refractivity contribution is 6.30. The molecule has 90 valence electrons. The molecule has 1 aliphatic heterocycles. The van der Waals surface area contributed by atoms with E-state index in [4.69, 9.17) is 11.6 Å². The van der Waals surface area contributed by atoms with E-state index in [-0.39, 0.29) is 11.8 Å². The average Bonchev–Trinajstić information content (AvgIpc) is 2.28. The van der Waals surface area contributed by atoms with E-state index in [0.717, 1.165) is 5.56 Å². The van der Waals surface area contributed by atoms with Gasteiger partial charge in [-0.05, 0) is 30.5 Å². The minimum Gasteiger partial charge on any atom is -0.282 e. The van der Waals surface area contributed by atoms with Crippen molar-refractivity contribution in [3.05, 3.63) is 34.9 Å². The Labute approximate surface area is 105 Å². The van der Waals surface area contributed by atoms with Gasteiger partial charge in [0.2, 0.25) is 11.8 Å². The minimum atomic E-state index is -0.0525. The predicted molar refractivity (Wildman–Crippen MR) is 65.7 cm³/mol. The third-order valence-corrected chi connectivity index (χ3v) is 3.13. The summed E-state index contributed by atoms with van der Waals surface area (Å²) in [6.45, 7) is 0.456. The van der Waals surface area contributed by atoms with Gasteiger partial charge in [-0.2, -0.15) is 0 Å². The number of rotatable bonds is 3. The van der Waals surface area contributed by atoms with Crippen molar-refractivity contribution in [2.24, 2.45) is 0 Å². The fourth-order valence-electron chi connectivity index (χ4n) is 1.98. The molecule has 1 saturated heterocycles. The van der Waals surface area contributed by atoms with Gasteiger partial charge in [-0.25, -0.2) is 0 Å². The van der Waals surface area contributed by atoms with E-state index >= 15 is 0 Å². The highest BCUT2D eigenvalue weighted by Crippen LogP contribution is 2.15. The molecule has 1 heterocycles. The van der Waals surface area contributed by atoms with Crippen molar-refractivity contribution in [1.29, 1.82) is 0 Å². The zero-order valence-electron chi connectivity index (χ0n) is 9.49. The molecule has 4 heteroatoms. The Balaban J connectivity index is 1.97. The molecule has 0 aliphatic carbocycles. The molecule has 17 heavy (non-hydrogen) atoms. The lowest BCUT2D eigenvalue weighted by atomic mass is 10.1. The molecule has 3 nitrogen and oxygen atoms in total. The van der Waals surface area contributed by atoms with Crippen molar-refractivity contribution in [1.82, 2.24) is 4.90 Å². The maximum Gasteiger partial charge on any atom is 0.229 e. The van der Waals surface area contributed by atoms with Gasteiger partial charge >= 0.3 is 0 Å². The summed E-state index contributed by atoms with van der Waals surface area (Å²) in [7, 11) is 0. The summed E-state index contributed by atoms with van der Waals surface area (Å²) in [5.74, 6) is -0.105. The van der Waals surface area contributed by atoms with Crippen molar-refractivity contribution in [2.45, 2.75) is 25.7 Å². The van der Waals surface area contributed by atoms with Crippen molar-refractivity contribution in [3.8, 4) is 0 Å². The molecule has 0 N–H and O–H groups in total. The molecule has 0 atom stereocenters. The van der Waals surface area contributed by atoms with Crippen molar-refractivity contribution in [2.75, 3.05) is 6.54 Å². The molecular formula is C13H14ClNO2. The Bertz CT molecular complexity index is 429. The number of likely N-dealkylation sites (tertiary alicyclic amines) is 1. The van der Waals surface area contributed by atoms with E-state index in [9.17, 15) is 9.59 Å². The molecule has 0 unspecified atom stereocenters. The number of carbonyl (C=O) groups excluding carboxylic acids is 2. The lowest BCUT2D eigenvalue weighted by molar-refractivity contribution is -0.147. The van der Waals surface area contributed by atoms with Crippen LogP contribution in [0, 0.1) is 0 Å². The molecule has 1 aromatic carbocycles. The highest BCUT2D eigenvalue weighted by atomic mass is 35.5. The Hall–Kier alpha value is -1.35. The molecule has 1 aromatic rings. The van der Waals surface area contributed by atoms with Crippen molar-refractivity contribution in [3.63, 3.8) is 0 Å². The second kappa shape index (κ2) is 5.32. The second-order valence-corrected chi connectivity index (χ2v) is 4.61. The summed E-state index contributed by atoms with van der Waals surface area (Å²) in [4.78, 5) is 24.5. The summed E-state index contributed by atoms with van der Waals surface area (Å²) in [5.41, 5.74) is 1.05. The number of halogens is 1. The Kier molecular flexibility index (Phi) is 3.79. The quantitative estimate of drug-likeness (QED) is 0.774. The summed E-state index contributed by atoms with van der Waals surface area (Å²) in [5, 5.41) is 0.679. The Morgan fingerprint density at radius 3 is 2.53 bits per heavy atom. The maximum atomic E-state index is 11.6. The summed E-state index contributed by atoms with van der Waals surface area (Å²) in [6, 6.07) is 7.49. The van der Waals surface area contributed by atoms with Crippen molar-refractivity contribution >= 4 is 23.4 Å². The van der Waals surface area contributed by atoms with E-state index in [2.05, 4.69) is 0 Å². The molecule has 1 aliphatic rings. The molecule has 1 fully saturated rings. The SMILES string of the molecule is O=C1CCCC(=O)N1CCc1cccc(Cl)c1. The van der Waals surface area contributed by atoms with E-state index in [1.807, 2.05) is 24.3 Å². The van der Waals surface area contributed by atoms with Gasteiger partial charge in [-0.3, -0.25) is 14.5 Å². The molecule has 0 radical (unpaired) electrons. The van der Waals surface area contributed by atoms with Crippen molar-refractivity contribution < 1.29 is 9.59 Å². The monoisotopic (exact) mass is 251 g/mol. The third-order valence-electron chi connectivity index (χ3n) is 2.90. The minimum absolute atomic E-state index is 0.0525. The first-order chi connectivity index (χ1) is 8.16. The topological polar surface area (TPSA) is 37.4 Å². The van der Waals surface area contributed by atoms with Gasteiger partial charge < -0.3 is 0 Å². The van der Waals surface area contributed by atoms with E-state index in [1.54, 1.807) is 0 Å². The number of amides is 2. The zero-order chi connectivity index (χ0) is 12.3. The number of nitrogens with zero attached hydrogens (tertiary/aromatic N) is 1. The zero-order valence-corrected chi connectivity index (χ0v) is 10.2. The second-order valence-electron chi connectivity index (χ2n) is 4.17. The van der Waals surface area contributed by atoms with Gasteiger partial charge in [0.15, 0.2) is 0 Å². The highest BCUT2D eigenvalue weighted by Gasteiger charge is 2.25. The van der Waals surface area contributed by atoms with Crippen LogP contribution in [0.25, 0.3) is 0 Å². The first kappa shape index (κ1) is 12.1. The molecule has 2 amide bonds. The molecule has 0 spiro atoms. The normalized spacial score (nSPS) is 16.4. The first-order valence-electron chi connectivity index (χ1n) is 5.74. The number of hydrogen-bond donors (Lipinski definition) is 0. The van der Waals surface area contributed by atoms with Gasteiger partial charge in [0.25, 0.3) is 0 Å². The van der Waals surface area contributed by atoms with Gasteiger partial charge in [0.05, 0.1) is 0 Å². The molecule has 0 bridgehead atoms. The lowest BCUT2D eigenvalue weighted by Crippen LogP contribution is -2.41. The van der Waals surface area contributed by atoms with E-state index < -0.39 is 0 Å². The van der Waals surface area contributed by atoms with Gasteiger partial charge in [0, 0.05) is 24.4 Å². The largest absolute Gasteiger partial charge is 0.282 e. The fourth-order valence-corrected chi connectivity index (χ4v) is 2.20. The Morgan fingerprint density at radius 2 is 1.88 bits per heavy atom. The van der Waals surface area contributed by atoms with Gasteiger partial charge in [-0.15, -0.1) is 0 Å². The van der Waals surface area contributed by atoms with Crippen LogP contribution in [0.2, 0.25) is 5.02 Å². The Morgan fingerprint density at radius 1 is 1.18 bits per heavy atom. The third kappa shape index (κ3) is 3.07. The molecule has 0 saturated carbocycles.